The summed E-state index contributed by atoms with van der Waals surface area (Å²) in [6, 6.07) is 6.45. The number of carbonyl (C=O) groups excluding carboxylic acids is 2. The molecule has 7 heteroatoms. The molecule has 23 heavy (non-hydrogen) atoms. The smallest absolute Gasteiger partial charge is 0.307 e. The lowest BCUT2D eigenvalue weighted by Crippen LogP contribution is -2.48. The first-order valence-corrected chi connectivity index (χ1v) is 7.62. The van der Waals surface area contributed by atoms with Crippen molar-refractivity contribution in [2.75, 3.05) is 0 Å². The molecular weight excluding hydrogens is 320 g/mol. The summed E-state index contributed by atoms with van der Waals surface area (Å²) < 4.78 is 0. The highest BCUT2D eigenvalue weighted by Crippen LogP contribution is 2.48. The quantitative estimate of drug-likeness (QED) is 0.578. The molecule has 0 spiro atoms. The van der Waals surface area contributed by atoms with Crippen LogP contribution in [0.1, 0.15) is 16.8 Å². The molecule has 0 aliphatic heterocycles. The lowest BCUT2D eigenvalue weighted by Gasteiger charge is -2.23. The fourth-order valence-electron chi connectivity index (χ4n) is 3.43. The van der Waals surface area contributed by atoms with Gasteiger partial charge in [0.1, 0.15) is 0 Å². The number of halogens is 1. The molecule has 0 aromatic heterocycles. The predicted molar refractivity (Wildman–Crippen MR) is 82.4 cm³/mol. The van der Waals surface area contributed by atoms with E-state index in [1.807, 2.05) is 12.2 Å². The van der Waals surface area contributed by atoms with Crippen LogP contribution in [0.2, 0.25) is 5.02 Å². The van der Waals surface area contributed by atoms with E-state index < -0.39 is 29.6 Å². The highest BCUT2D eigenvalue weighted by molar-refractivity contribution is 6.33. The molecule has 1 saturated carbocycles. The van der Waals surface area contributed by atoms with Crippen molar-refractivity contribution in [2.45, 2.75) is 6.42 Å². The van der Waals surface area contributed by atoms with Crippen LogP contribution < -0.4 is 10.9 Å². The van der Waals surface area contributed by atoms with Gasteiger partial charge in [-0.3, -0.25) is 25.2 Å². The van der Waals surface area contributed by atoms with E-state index in [4.69, 9.17) is 11.6 Å². The van der Waals surface area contributed by atoms with Gasteiger partial charge in [0.25, 0.3) is 5.91 Å². The summed E-state index contributed by atoms with van der Waals surface area (Å²) in [6.07, 6.45) is 4.40. The SMILES string of the molecule is O=C(NNC(=O)[C@@H]1[C@H](C(=O)O)[C@@H]2C=C[C@H]1C2)c1ccccc1Cl. The summed E-state index contributed by atoms with van der Waals surface area (Å²) in [6.45, 7) is 0. The second-order valence-corrected chi connectivity index (χ2v) is 6.17. The van der Waals surface area contributed by atoms with Gasteiger partial charge in [0, 0.05) is 0 Å². The zero-order chi connectivity index (χ0) is 16.6. The Morgan fingerprint density at radius 1 is 1.04 bits per heavy atom. The fraction of sp³-hybridized carbons (Fsp3) is 0.312. The standard InChI is InChI=1S/C16H15ClN2O4/c17-11-4-2-1-3-10(11)14(20)18-19-15(21)12-8-5-6-9(7-8)13(12)16(22)23/h1-6,8-9,12-13H,7H2,(H,18,20)(H,19,21)(H,22,23)/t8-,9+,12-,13+/m0/s1. The lowest BCUT2D eigenvalue weighted by molar-refractivity contribution is -0.148. The Hall–Kier alpha value is -2.34. The molecule has 6 nitrogen and oxygen atoms in total. The van der Waals surface area contributed by atoms with Gasteiger partial charge >= 0.3 is 5.97 Å². The molecular formula is C16H15ClN2O4. The molecule has 0 unspecified atom stereocenters. The number of aliphatic carboxylic acids is 1. The molecule has 1 aromatic rings. The Balaban J connectivity index is 1.66. The highest BCUT2D eigenvalue weighted by atomic mass is 35.5. The van der Waals surface area contributed by atoms with Crippen LogP contribution in [0.3, 0.4) is 0 Å². The molecule has 0 heterocycles. The van der Waals surface area contributed by atoms with Crippen LogP contribution in [-0.4, -0.2) is 22.9 Å². The van der Waals surface area contributed by atoms with E-state index in [2.05, 4.69) is 10.9 Å². The van der Waals surface area contributed by atoms with Crippen molar-refractivity contribution in [3.8, 4) is 0 Å². The maximum absolute atomic E-state index is 12.3. The fourth-order valence-corrected chi connectivity index (χ4v) is 3.65. The van der Waals surface area contributed by atoms with Crippen LogP contribution in [0, 0.1) is 23.7 Å². The van der Waals surface area contributed by atoms with Gasteiger partial charge in [-0.2, -0.15) is 0 Å². The topological polar surface area (TPSA) is 95.5 Å². The first kappa shape index (κ1) is 15.6. The third-order valence-corrected chi connectivity index (χ3v) is 4.79. The van der Waals surface area contributed by atoms with Crippen molar-refractivity contribution in [1.29, 1.82) is 0 Å². The number of carboxylic acids is 1. The summed E-state index contributed by atoms with van der Waals surface area (Å²) in [7, 11) is 0. The monoisotopic (exact) mass is 334 g/mol. The van der Waals surface area contributed by atoms with Gasteiger partial charge < -0.3 is 5.11 Å². The van der Waals surface area contributed by atoms with Gasteiger partial charge in [0.2, 0.25) is 5.91 Å². The van der Waals surface area contributed by atoms with E-state index in [9.17, 15) is 19.5 Å². The number of fused-ring (bicyclic) bond motifs is 2. The van der Waals surface area contributed by atoms with Crippen LogP contribution >= 0.6 is 11.6 Å². The highest BCUT2D eigenvalue weighted by Gasteiger charge is 2.51. The number of hydrogen-bond acceptors (Lipinski definition) is 3. The second kappa shape index (κ2) is 6.04. The van der Waals surface area contributed by atoms with E-state index in [1.165, 1.54) is 6.07 Å². The molecule has 0 saturated heterocycles. The molecule has 0 radical (unpaired) electrons. The van der Waals surface area contributed by atoms with Gasteiger partial charge in [-0.1, -0.05) is 35.9 Å². The van der Waals surface area contributed by atoms with E-state index in [0.717, 1.165) is 0 Å². The molecule has 2 bridgehead atoms. The van der Waals surface area contributed by atoms with Crippen molar-refractivity contribution in [1.82, 2.24) is 10.9 Å². The molecule has 1 fully saturated rings. The third-order valence-electron chi connectivity index (χ3n) is 4.46. The number of allylic oxidation sites excluding steroid dienone is 2. The average molecular weight is 335 g/mol. The molecule has 2 aliphatic rings. The van der Waals surface area contributed by atoms with Gasteiger partial charge in [0.05, 0.1) is 22.4 Å². The molecule has 120 valence electrons. The van der Waals surface area contributed by atoms with Crippen molar-refractivity contribution >= 4 is 29.4 Å². The van der Waals surface area contributed by atoms with Crippen LogP contribution in [0.25, 0.3) is 0 Å². The van der Waals surface area contributed by atoms with E-state index in [0.29, 0.717) is 6.42 Å². The van der Waals surface area contributed by atoms with Crippen LogP contribution in [0.5, 0.6) is 0 Å². The predicted octanol–water partition coefficient (Wildman–Crippen LogP) is 1.62. The number of hydrazine groups is 1. The third kappa shape index (κ3) is 2.82. The van der Waals surface area contributed by atoms with Crippen molar-refractivity contribution < 1.29 is 19.5 Å². The minimum Gasteiger partial charge on any atom is -0.481 e. The van der Waals surface area contributed by atoms with Crippen molar-refractivity contribution in [3.63, 3.8) is 0 Å². The summed E-state index contributed by atoms with van der Waals surface area (Å²) in [5.41, 5.74) is 4.85. The number of rotatable bonds is 3. The van der Waals surface area contributed by atoms with Gasteiger partial charge in [-0.15, -0.1) is 0 Å². The molecule has 1 aromatic carbocycles. The van der Waals surface area contributed by atoms with E-state index in [1.54, 1.807) is 18.2 Å². The van der Waals surface area contributed by atoms with Gasteiger partial charge in [-0.05, 0) is 30.4 Å². The molecule has 3 rings (SSSR count). The summed E-state index contributed by atoms with van der Waals surface area (Å²) in [4.78, 5) is 35.7. The van der Waals surface area contributed by atoms with Crippen molar-refractivity contribution in [3.05, 3.63) is 47.0 Å². The molecule has 2 aliphatic carbocycles. The van der Waals surface area contributed by atoms with Gasteiger partial charge in [-0.25, -0.2) is 0 Å². The first-order chi connectivity index (χ1) is 11.0. The molecule has 4 atom stereocenters. The Morgan fingerprint density at radius 2 is 1.70 bits per heavy atom. The minimum absolute atomic E-state index is 0.0988. The Kier molecular flexibility index (Phi) is 4.09. The van der Waals surface area contributed by atoms with Crippen LogP contribution in [-0.2, 0) is 9.59 Å². The van der Waals surface area contributed by atoms with Crippen LogP contribution in [0.4, 0.5) is 0 Å². The maximum atomic E-state index is 12.3. The van der Waals surface area contributed by atoms with Crippen molar-refractivity contribution in [2.24, 2.45) is 23.7 Å². The number of carbonyl (C=O) groups is 3. The maximum Gasteiger partial charge on any atom is 0.307 e. The average Bonchev–Trinajstić information content (AvgIpc) is 3.13. The van der Waals surface area contributed by atoms with Crippen LogP contribution in [0.15, 0.2) is 36.4 Å². The second-order valence-electron chi connectivity index (χ2n) is 5.76. The Labute approximate surface area is 137 Å². The molecule has 3 N–H and O–H groups in total. The summed E-state index contributed by atoms with van der Waals surface area (Å²) >= 11 is 5.92. The largest absolute Gasteiger partial charge is 0.481 e. The van der Waals surface area contributed by atoms with Gasteiger partial charge in [0.15, 0.2) is 0 Å². The number of benzene rings is 1. The Bertz CT molecular complexity index is 703. The van der Waals surface area contributed by atoms with E-state index >= 15 is 0 Å². The number of nitrogens with one attached hydrogen (secondary N) is 2. The zero-order valence-corrected chi connectivity index (χ0v) is 12.8. The summed E-state index contributed by atoms with van der Waals surface area (Å²) in [5.74, 6) is -3.66. The zero-order valence-electron chi connectivity index (χ0n) is 12.0. The number of hydrogen-bond donors (Lipinski definition) is 3. The minimum atomic E-state index is -0.987. The summed E-state index contributed by atoms with van der Waals surface area (Å²) in [5, 5.41) is 9.60. The molecule has 2 amide bonds. The first-order valence-electron chi connectivity index (χ1n) is 7.25. The van der Waals surface area contributed by atoms with E-state index in [-0.39, 0.29) is 22.4 Å². The lowest BCUT2D eigenvalue weighted by atomic mass is 9.82. The number of carboxylic acid groups (broad SMARTS) is 1. The normalized spacial score (nSPS) is 27.7. The Morgan fingerprint density at radius 3 is 2.35 bits per heavy atom. The number of amides is 2.